The van der Waals surface area contributed by atoms with E-state index in [1.54, 1.807) is 55.0 Å². The van der Waals surface area contributed by atoms with Crippen LogP contribution in [-0.4, -0.2) is 70.9 Å². The third kappa shape index (κ3) is 3.99. The number of carbonyl (C=O) groups is 4. The van der Waals surface area contributed by atoms with Crippen LogP contribution in [0.4, 0.5) is 5.69 Å². The van der Waals surface area contributed by atoms with E-state index in [0.717, 1.165) is 0 Å². The Morgan fingerprint density at radius 1 is 1.29 bits per heavy atom. The third-order valence-corrected chi connectivity index (χ3v) is 6.39. The zero-order chi connectivity index (χ0) is 20.5. The minimum absolute atomic E-state index is 0.0498. The van der Waals surface area contributed by atoms with E-state index in [1.807, 2.05) is 6.92 Å². The number of amides is 3. The minimum Gasteiger partial charge on any atom is -0.454 e. The van der Waals surface area contributed by atoms with Gasteiger partial charge in [-0.2, -0.15) is 0 Å². The molecule has 1 aromatic rings. The summed E-state index contributed by atoms with van der Waals surface area (Å²) < 4.78 is 5.14. The molecular formula is C19H23N3O5S. The van der Waals surface area contributed by atoms with Gasteiger partial charge in [-0.1, -0.05) is 0 Å². The van der Waals surface area contributed by atoms with Crippen molar-refractivity contribution in [3.8, 4) is 0 Å². The summed E-state index contributed by atoms with van der Waals surface area (Å²) in [5, 5.41) is 2.62. The molecular weight excluding hydrogens is 382 g/mol. The molecule has 150 valence electrons. The number of rotatable bonds is 5. The maximum absolute atomic E-state index is 12.4. The number of nitrogens with zero attached hydrogens (tertiary/aromatic N) is 2. The molecule has 9 heteroatoms. The Morgan fingerprint density at radius 2 is 1.96 bits per heavy atom. The quantitative estimate of drug-likeness (QED) is 0.743. The Labute approximate surface area is 167 Å². The van der Waals surface area contributed by atoms with Gasteiger partial charge >= 0.3 is 5.97 Å². The van der Waals surface area contributed by atoms with E-state index in [9.17, 15) is 19.2 Å². The Morgan fingerprint density at radius 3 is 2.61 bits per heavy atom. The molecule has 2 fully saturated rings. The molecule has 0 aromatic heterocycles. The number of hydrogen-bond acceptors (Lipinski definition) is 6. The highest BCUT2D eigenvalue weighted by Crippen LogP contribution is 2.47. The summed E-state index contributed by atoms with van der Waals surface area (Å²) in [4.78, 5) is 51.1. The lowest BCUT2D eigenvalue weighted by molar-refractivity contribution is -0.155. The molecule has 2 atom stereocenters. The van der Waals surface area contributed by atoms with Crippen LogP contribution in [-0.2, 0) is 19.1 Å². The van der Waals surface area contributed by atoms with Gasteiger partial charge in [-0.05, 0) is 37.6 Å². The molecule has 8 nitrogen and oxygen atoms in total. The molecule has 1 N–H and O–H groups in total. The summed E-state index contributed by atoms with van der Waals surface area (Å²) in [6, 6.07) is 5.80. The van der Waals surface area contributed by atoms with Crippen LogP contribution in [0.25, 0.3) is 0 Å². The summed E-state index contributed by atoms with van der Waals surface area (Å²) in [5.41, 5.74) is 1.00. The number of anilines is 1. The summed E-state index contributed by atoms with van der Waals surface area (Å²) >= 11 is 1.57. The lowest BCUT2D eigenvalue weighted by atomic mass is 10.2. The Hall–Kier alpha value is -2.55. The number of ether oxygens (including phenoxy) is 1. The Kier molecular flexibility index (Phi) is 5.64. The summed E-state index contributed by atoms with van der Waals surface area (Å²) in [6.07, 6.45) is 1.15. The van der Waals surface area contributed by atoms with Crippen LogP contribution in [0.3, 0.4) is 0 Å². The van der Waals surface area contributed by atoms with Crippen molar-refractivity contribution in [1.29, 1.82) is 0 Å². The summed E-state index contributed by atoms with van der Waals surface area (Å²) in [5.74, 6) is -0.755. The Balaban J connectivity index is 1.51. The van der Waals surface area contributed by atoms with Gasteiger partial charge < -0.3 is 19.9 Å². The van der Waals surface area contributed by atoms with Gasteiger partial charge in [0, 0.05) is 37.5 Å². The molecule has 28 heavy (non-hydrogen) atoms. The first-order valence-corrected chi connectivity index (χ1v) is 9.94. The second kappa shape index (κ2) is 7.83. The van der Waals surface area contributed by atoms with E-state index in [2.05, 4.69) is 5.32 Å². The predicted octanol–water partition coefficient (Wildman–Crippen LogP) is 1.32. The molecule has 2 saturated heterocycles. The average molecular weight is 405 g/mol. The number of thioether (sulfide) groups is 1. The molecule has 2 aliphatic heterocycles. The van der Waals surface area contributed by atoms with E-state index in [1.165, 1.54) is 4.90 Å². The maximum Gasteiger partial charge on any atom is 0.330 e. The first-order valence-electron chi connectivity index (χ1n) is 8.95. The van der Waals surface area contributed by atoms with E-state index in [0.29, 0.717) is 29.8 Å². The zero-order valence-corrected chi connectivity index (χ0v) is 16.9. The van der Waals surface area contributed by atoms with Crippen molar-refractivity contribution < 1.29 is 23.9 Å². The van der Waals surface area contributed by atoms with Crippen molar-refractivity contribution in [2.75, 3.05) is 31.8 Å². The van der Waals surface area contributed by atoms with E-state index in [-0.39, 0.29) is 16.7 Å². The second-order valence-electron chi connectivity index (χ2n) is 7.20. The second-order valence-corrected chi connectivity index (χ2v) is 8.70. The van der Waals surface area contributed by atoms with Crippen molar-refractivity contribution in [1.82, 2.24) is 9.80 Å². The summed E-state index contributed by atoms with van der Waals surface area (Å²) in [6.45, 7) is 1.52. The molecule has 0 bridgehead atoms. The van der Waals surface area contributed by atoms with Gasteiger partial charge in [-0.3, -0.25) is 14.4 Å². The van der Waals surface area contributed by atoms with Crippen LogP contribution < -0.4 is 5.32 Å². The predicted molar refractivity (Wildman–Crippen MR) is 105 cm³/mol. The normalized spacial score (nSPS) is 23.3. The highest BCUT2D eigenvalue weighted by atomic mass is 32.2. The van der Waals surface area contributed by atoms with Gasteiger partial charge in [0.1, 0.15) is 6.04 Å². The van der Waals surface area contributed by atoms with Gasteiger partial charge in [0.05, 0.1) is 4.87 Å². The van der Waals surface area contributed by atoms with Crippen LogP contribution in [0.2, 0.25) is 0 Å². The molecule has 0 unspecified atom stereocenters. The molecule has 2 aliphatic rings. The van der Waals surface area contributed by atoms with Crippen LogP contribution in [0, 0.1) is 0 Å². The van der Waals surface area contributed by atoms with Crippen molar-refractivity contribution in [2.45, 2.75) is 30.7 Å². The SMILES string of the molecule is CN(C)C(=O)c1ccc(NC(=O)COC(=O)[C@H]2CS[C@]3(C)CCC(=O)N23)cc1. The number of carbonyl (C=O) groups excluding carboxylic acids is 4. The molecule has 3 amide bonds. The molecule has 3 rings (SSSR count). The Bertz CT molecular complexity index is 810. The first-order chi connectivity index (χ1) is 13.2. The molecule has 1 aromatic carbocycles. The third-order valence-electron chi connectivity index (χ3n) is 4.88. The number of esters is 1. The number of hydrogen-bond donors (Lipinski definition) is 1. The standard InChI is InChI=1S/C19H23N3O5S/c1-19-9-8-16(24)22(19)14(11-28-19)18(26)27-10-15(23)20-13-6-4-12(5-7-13)17(25)21(2)3/h4-7,14H,8-11H2,1-3H3,(H,20,23)/t14-,19-/m1/s1. The smallest absolute Gasteiger partial charge is 0.330 e. The van der Waals surface area contributed by atoms with Gasteiger partial charge in [0.25, 0.3) is 11.8 Å². The zero-order valence-electron chi connectivity index (χ0n) is 16.1. The number of fused-ring (bicyclic) bond motifs is 1. The molecule has 0 spiro atoms. The number of benzene rings is 1. The van der Waals surface area contributed by atoms with Gasteiger partial charge in [-0.15, -0.1) is 11.8 Å². The highest BCUT2D eigenvalue weighted by molar-refractivity contribution is 8.01. The monoisotopic (exact) mass is 405 g/mol. The number of nitrogens with one attached hydrogen (secondary N) is 1. The highest BCUT2D eigenvalue weighted by Gasteiger charge is 2.53. The van der Waals surface area contributed by atoms with Crippen LogP contribution in [0.1, 0.15) is 30.1 Å². The van der Waals surface area contributed by atoms with Crippen molar-refractivity contribution >= 4 is 41.1 Å². The van der Waals surface area contributed by atoms with E-state index < -0.39 is 24.5 Å². The van der Waals surface area contributed by atoms with Gasteiger partial charge in [0.2, 0.25) is 5.91 Å². The molecule has 0 radical (unpaired) electrons. The fourth-order valence-corrected chi connectivity index (χ4v) is 4.80. The van der Waals surface area contributed by atoms with Crippen molar-refractivity contribution in [2.24, 2.45) is 0 Å². The first kappa shape index (κ1) is 20.2. The molecule has 0 saturated carbocycles. The molecule has 0 aliphatic carbocycles. The fraction of sp³-hybridized carbons (Fsp3) is 0.474. The maximum atomic E-state index is 12.4. The summed E-state index contributed by atoms with van der Waals surface area (Å²) in [7, 11) is 3.32. The van der Waals surface area contributed by atoms with E-state index in [4.69, 9.17) is 4.74 Å². The minimum atomic E-state index is -0.644. The van der Waals surface area contributed by atoms with E-state index >= 15 is 0 Å². The van der Waals surface area contributed by atoms with Crippen molar-refractivity contribution in [3.05, 3.63) is 29.8 Å². The van der Waals surface area contributed by atoms with Crippen LogP contribution in [0.15, 0.2) is 24.3 Å². The largest absolute Gasteiger partial charge is 0.454 e. The van der Waals surface area contributed by atoms with Gasteiger partial charge in [0.15, 0.2) is 6.61 Å². The lowest BCUT2D eigenvalue weighted by Gasteiger charge is -2.29. The van der Waals surface area contributed by atoms with Crippen LogP contribution in [0.5, 0.6) is 0 Å². The van der Waals surface area contributed by atoms with Crippen LogP contribution >= 0.6 is 11.8 Å². The lowest BCUT2D eigenvalue weighted by Crippen LogP contribution is -2.47. The van der Waals surface area contributed by atoms with Gasteiger partial charge in [-0.25, -0.2) is 4.79 Å². The average Bonchev–Trinajstić information content (AvgIpc) is 3.15. The fourth-order valence-electron chi connectivity index (χ4n) is 3.38. The van der Waals surface area contributed by atoms with Crippen molar-refractivity contribution in [3.63, 3.8) is 0 Å². The molecule has 2 heterocycles. The topological polar surface area (TPSA) is 96.0 Å².